The second kappa shape index (κ2) is 10.4. The smallest absolute Gasteiger partial charge is 0.548 e. The van der Waals surface area contributed by atoms with Crippen LogP contribution in [0.4, 0.5) is 18.9 Å². The van der Waals surface area contributed by atoms with Crippen LogP contribution in [0.15, 0.2) is 54.6 Å². The first-order valence-electron chi connectivity index (χ1n) is 9.22. The van der Waals surface area contributed by atoms with Gasteiger partial charge in [0.1, 0.15) is 0 Å². The van der Waals surface area contributed by atoms with Crippen molar-refractivity contribution in [3.63, 3.8) is 0 Å². The van der Waals surface area contributed by atoms with E-state index in [1.807, 2.05) is 30.3 Å². The molecule has 0 bridgehead atoms. The quantitative estimate of drug-likeness (QED) is 0.653. The Balaban J connectivity index is 0.00000300. The van der Waals surface area contributed by atoms with E-state index in [1.54, 1.807) is 0 Å². The van der Waals surface area contributed by atoms with Gasteiger partial charge in [-0.05, 0) is 37.0 Å². The number of para-hydroxylation sites is 1. The molecule has 2 aromatic carbocycles. The van der Waals surface area contributed by atoms with E-state index < -0.39 is 23.2 Å². The summed E-state index contributed by atoms with van der Waals surface area (Å²) in [5, 5.41) is 14.5. The van der Waals surface area contributed by atoms with E-state index in [-0.39, 0.29) is 69.9 Å². The Labute approximate surface area is 210 Å². The van der Waals surface area contributed by atoms with Crippen molar-refractivity contribution in [2.75, 3.05) is 25.0 Å². The average molecular weight is 431 g/mol. The largest absolute Gasteiger partial charge is 1.00 e. The summed E-state index contributed by atoms with van der Waals surface area (Å²) in [5.41, 5.74) is -1.42. The SMILES string of the molecule is O=C([O-])C1(Nc2ccccc2C(F)(F)F)CCN(CCc2ccccc2)CC1.[K+]. The van der Waals surface area contributed by atoms with Crippen molar-refractivity contribution in [2.24, 2.45) is 0 Å². The van der Waals surface area contributed by atoms with Gasteiger partial charge in [-0.15, -0.1) is 0 Å². The van der Waals surface area contributed by atoms with Crippen molar-refractivity contribution in [3.05, 3.63) is 65.7 Å². The number of rotatable bonds is 6. The first-order valence-corrected chi connectivity index (χ1v) is 9.22. The molecule has 1 fully saturated rings. The molecule has 0 spiro atoms. The molecule has 0 radical (unpaired) electrons. The van der Waals surface area contributed by atoms with Crippen molar-refractivity contribution in [1.82, 2.24) is 4.90 Å². The molecule has 3 rings (SSSR count). The summed E-state index contributed by atoms with van der Waals surface area (Å²) < 4.78 is 39.7. The monoisotopic (exact) mass is 430 g/mol. The third kappa shape index (κ3) is 6.29. The number of hydrogen-bond acceptors (Lipinski definition) is 4. The van der Waals surface area contributed by atoms with Gasteiger partial charge in [0.05, 0.1) is 17.1 Å². The number of carbonyl (C=O) groups excluding carboxylic acids is 1. The summed E-state index contributed by atoms with van der Waals surface area (Å²) in [6, 6.07) is 14.9. The van der Waals surface area contributed by atoms with Crippen LogP contribution in [-0.2, 0) is 17.4 Å². The van der Waals surface area contributed by atoms with Crippen molar-refractivity contribution in [3.8, 4) is 0 Å². The maximum absolute atomic E-state index is 13.2. The van der Waals surface area contributed by atoms with Gasteiger partial charge in [-0.1, -0.05) is 42.5 Å². The maximum atomic E-state index is 13.2. The van der Waals surface area contributed by atoms with Crippen LogP contribution in [0, 0.1) is 0 Å². The molecule has 150 valence electrons. The van der Waals surface area contributed by atoms with Crippen molar-refractivity contribution < 1.29 is 74.5 Å². The molecule has 2 aromatic rings. The number of likely N-dealkylation sites (tertiary alicyclic amines) is 1. The summed E-state index contributed by atoms with van der Waals surface area (Å²) in [6.07, 6.45) is -3.37. The summed E-state index contributed by atoms with van der Waals surface area (Å²) in [4.78, 5) is 14.0. The molecule has 1 aliphatic heterocycles. The fraction of sp³-hybridized carbons (Fsp3) is 0.381. The second-order valence-electron chi connectivity index (χ2n) is 7.12. The van der Waals surface area contributed by atoms with E-state index in [0.29, 0.717) is 13.1 Å². The zero-order valence-electron chi connectivity index (χ0n) is 16.3. The van der Waals surface area contributed by atoms with Crippen LogP contribution in [0.5, 0.6) is 0 Å². The molecule has 0 atom stereocenters. The Morgan fingerprint density at radius 3 is 2.21 bits per heavy atom. The summed E-state index contributed by atoms with van der Waals surface area (Å²) in [6.45, 7) is 1.72. The van der Waals surface area contributed by atoms with Crippen LogP contribution >= 0.6 is 0 Å². The van der Waals surface area contributed by atoms with Crippen LogP contribution in [-0.4, -0.2) is 36.0 Å². The predicted molar refractivity (Wildman–Crippen MR) is 98.6 cm³/mol. The van der Waals surface area contributed by atoms with Gasteiger partial charge in [-0.2, -0.15) is 13.2 Å². The minimum absolute atomic E-state index is 0. The van der Waals surface area contributed by atoms with Crippen LogP contribution in [0.1, 0.15) is 24.0 Å². The molecule has 1 heterocycles. The summed E-state index contributed by atoms with van der Waals surface area (Å²) in [5.74, 6) is -1.37. The van der Waals surface area contributed by atoms with Crippen LogP contribution in [0.25, 0.3) is 0 Å². The number of carbonyl (C=O) groups is 1. The van der Waals surface area contributed by atoms with Gasteiger partial charge in [0.2, 0.25) is 0 Å². The molecule has 8 heteroatoms. The minimum Gasteiger partial charge on any atom is -0.548 e. The zero-order valence-corrected chi connectivity index (χ0v) is 19.5. The first-order chi connectivity index (χ1) is 13.3. The second-order valence-corrected chi connectivity index (χ2v) is 7.12. The number of carboxylic acid groups (broad SMARTS) is 1. The standard InChI is InChI=1S/C21H23F3N2O2.K/c22-21(23,24)17-8-4-5-9-18(17)25-20(19(27)28)11-14-26(15-12-20)13-10-16-6-2-1-3-7-16;/h1-9,25H,10-15H2,(H,27,28);/q;+1/p-1. The van der Waals surface area contributed by atoms with Gasteiger partial charge in [0.25, 0.3) is 0 Å². The maximum Gasteiger partial charge on any atom is 1.00 e. The number of benzene rings is 2. The number of anilines is 1. The molecule has 0 aliphatic carbocycles. The third-order valence-corrected chi connectivity index (χ3v) is 5.27. The number of nitrogens with zero attached hydrogens (tertiary/aromatic N) is 1. The average Bonchev–Trinajstić information content (AvgIpc) is 2.68. The number of piperidine rings is 1. The molecule has 1 aliphatic rings. The van der Waals surface area contributed by atoms with Crippen molar-refractivity contribution in [1.29, 1.82) is 0 Å². The van der Waals surface area contributed by atoms with Crippen molar-refractivity contribution >= 4 is 11.7 Å². The molecule has 0 amide bonds. The van der Waals surface area contributed by atoms with E-state index in [4.69, 9.17) is 0 Å². The number of halogens is 3. The summed E-state index contributed by atoms with van der Waals surface area (Å²) >= 11 is 0. The Morgan fingerprint density at radius 1 is 1.03 bits per heavy atom. The normalized spacial score (nSPS) is 16.7. The number of nitrogens with one attached hydrogen (secondary N) is 1. The first kappa shape index (κ1) is 24.4. The topological polar surface area (TPSA) is 55.4 Å². The van der Waals surface area contributed by atoms with Gasteiger partial charge in [0.15, 0.2) is 0 Å². The van der Waals surface area contributed by atoms with E-state index in [9.17, 15) is 23.1 Å². The number of hydrogen-bond donors (Lipinski definition) is 1. The number of aliphatic carboxylic acids is 1. The van der Waals surface area contributed by atoms with E-state index in [0.717, 1.165) is 19.0 Å². The van der Waals surface area contributed by atoms with Crippen molar-refractivity contribution in [2.45, 2.75) is 31.0 Å². The van der Waals surface area contributed by atoms with E-state index >= 15 is 0 Å². The molecular formula is C21H22F3KN2O2. The number of alkyl halides is 3. The minimum atomic E-state index is -4.56. The van der Waals surface area contributed by atoms with Gasteiger partial charge in [-0.25, -0.2) is 0 Å². The molecule has 0 aromatic heterocycles. The Bertz CT molecular complexity index is 807. The van der Waals surface area contributed by atoms with Gasteiger partial charge in [0, 0.05) is 25.3 Å². The third-order valence-electron chi connectivity index (χ3n) is 5.27. The molecule has 29 heavy (non-hydrogen) atoms. The van der Waals surface area contributed by atoms with E-state index in [1.165, 1.54) is 23.8 Å². The number of carboxylic acids is 1. The van der Waals surface area contributed by atoms with Crippen LogP contribution in [0.3, 0.4) is 0 Å². The van der Waals surface area contributed by atoms with Crippen LogP contribution in [0.2, 0.25) is 0 Å². The summed E-state index contributed by atoms with van der Waals surface area (Å²) in [7, 11) is 0. The Hall–Kier alpha value is -0.904. The van der Waals surface area contributed by atoms with E-state index in [2.05, 4.69) is 10.2 Å². The molecule has 0 unspecified atom stereocenters. The van der Waals surface area contributed by atoms with Gasteiger partial charge < -0.3 is 20.1 Å². The molecular weight excluding hydrogens is 408 g/mol. The molecule has 0 saturated carbocycles. The Morgan fingerprint density at radius 2 is 1.62 bits per heavy atom. The van der Waals surface area contributed by atoms with Crippen LogP contribution < -0.4 is 61.8 Å². The zero-order chi connectivity index (χ0) is 20.2. The van der Waals surface area contributed by atoms with Gasteiger partial charge in [-0.3, -0.25) is 0 Å². The Kier molecular flexibility index (Phi) is 8.75. The predicted octanol–water partition coefficient (Wildman–Crippen LogP) is -0.0515. The molecule has 1 N–H and O–H groups in total. The fourth-order valence-corrected chi connectivity index (χ4v) is 3.57. The molecule has 1 saturated heterocycles. The van der Waals surface area contributed by atoms with Gasteiger partial charge >= 0.3 is 57.6 Å². The molecule has 4 nitrogen and oxygen atoms in total. The fourth-order valence-electron chi connectivity index (χ4n) is 3.57.